The molecule has 1 aromatic rings. The Kier molecular flexibility index (Phi) is 7.15. The highest BCUT2D eigenvalue weighted by Gasteiger charge is 2.23. The van der Waals surface area contributed by atoms with Gasteiger partial charge in [0.25, 0.3) is 0 Å². The van der Waals surface area contributed by atoms with Crippen molar-refractivity contribution in [3.8, 4) is 0 Å². The Balaban J connectivity index is 2.69. The summed E-state index contributed by atoms with van der Waals surface area (Å²) in [6.45, 7) is 6.63. The van der Waals surface area contributed by atoms with Gasteiger partial charge in [-0.05, 0) is 26.0 Å². The minimum absolute atomic E-state index is 0.0198. The molecule has 5 heteroatoms. The molecule has 2 amide bonds. The molecule has 1 unspecified atom stereocenters. The lowest BCUT2D eigenvalue weighted by atomic mass is 10.2. The minimum atomic E-state index is -0.474. The van der Waals surface area contributed by atoms with E-state index in [1.54, 1.807) is 16.7 Å². The van der Waals surface area contributed by atoms with Crippen molar-refractivity contribution in [3.05, 3.63) is 30.3 Å². The molecular formula is C15H22N2O2S. The highest BCUT2D eigenvalue weighted by atomic mass is 32.2. The van der Waals surface area contributed by atoms with Crippen LogP contribution >= 0.6 is 11.8 Å². The van der Waals surface area contributed by atoms with Crippen molar-refractivity contribution in [3.63, 3.8) is 0 Å². The Morgan fingerprint density at radius 2 is 1.80 bits per heavy atom. The summed E-state index contributed by atoms with van der Waals surface area (Å²) in [5, 5.41) is 2.75. The van der Waals surface area contributed by atoms with Crippen LogP contribution < -0.4 is 5.32 Å². The second kappa shape index (κ2) is 8.64. The summed E-state index contributed by atoms with van der Waals surface area (Å²) in [6, 6.07) is 9.40. The molecule has 0 aromatic heterocycles. The predicted molar refractivity (Wildman–Crippen MR) is 82.7 cm³/mol. The van der Waals surface area contributed by atoms with E-state index in [0.29, 0.717) is 18.8 Å². The van der Waals surface area contributed by atoms with Crippen molar-refractivity contribution in [2.24, 2.45) is 0 Å². The average Bonchev–Trinajstić information content (AvgIpc) is 2.45. The fourth-order valence-electron chi connectivity index (χ4n) is 1.87. The molecule has 4 nitrogen and oxygen atoms in total. The molecule has 0 aliphatic rings. The lowest BCUT2D eigenvalue weighted by Crippen LogP contribution is -2.49. The number of rotatable bonds is 7. The van der Waals surface area contributed by atoms with E-state index in [4.69, 9.17) is 0 Å². The lowest BCUT2D eigenvalue weighted by Gasteiger charge is -2.25. The van der Waals surface area contributed by atoms with Gasteiger partial charge >= 0.3 is 0 Å². The quantitative estimate of drug-likeness (QED) is 0.784. The van der Waals surface area contributed by atoms with E-state index in [1.807, 2.05) is 44.2 Å². The van der Waals surface area contributed by atoms with Crippen LogP contribution in [0, 0.1) is 0 Å². The van der Waals surface area contributed by atoms with Gasteiger partial charge in [0.15, 0.2) is 0 Å². The zero-order chi connectivity index (χ0) is 15.0. The van der Waals surface area contributed by atoms with Gasteiger partial charge in [-0.2, -0.15) is 0 Å². The van der Waals surface area contributed by atoms with Crippen LogP contribution in [0.1, 0.15) is 20.8 Å². The molecule has 0 spiro atoms. The Morgan fingerprint density at radius 1 is 1.20 bits per heavy atom. The van der Waals surface area contributed by atoms with E-state index in [0.717, 1.165) is 4.90 Å². The number of hydrogen-bond donors (Lipinski definition) is 1. The topological polar surface area (TPSA) is 49.4 Å². The second-order valence-electron chi connectivity index (χ2n) is 4.39. The van der Waals surface area contributed by atoms with Gasteiger partial charge in [0.1, 0.15) is 6.04 Å². The number of thioether (sulfide) groups is 1. The number of nitrogens with one attached hydrogen (secondary N) is 1. The first kappa shape index (κ1) is 16.6. The zero-order valence-electron chi connectivity index (χ0n) is 12.3. The number of nitrogens with zero attached hydrogens (tertiary/aromatic N) is 1. The molecular weight excluding hydrogens is 272 g/mol. The third-order valence-corrected chi connectivity index (χ3v) is 4.02. The van der Waals surface area contributed by atoms with Gasteiger partial charge in [0, 0.05) is 30.7 Å². The first-order valence-electron chi connectivity index (χ1n) is 6.82. The first-order chi connectivity index (χ1) is 9.58. The van der Waals surface area contributed by atoms with E-state index in [9.17, 15) is 9.59 Å². The summed E-state index contributed by atoms with van der Waals surface area (Å²) in [5.41, 5.74) is 0. The van der Waals surface area contributed by atoms with Crippen LogP contribution in [-0.4, -0.2) is 41.6 Å². The van der Waals surface area contributed by atoms with Crippen molar-refractivity contribution in [2.45, 2.75) is 31.7 Å². The average molecular weight is 294 g/mol. The Labute approximate surface area is 124 Å². The second-order valence-corrected chi connectivity index (χ2v) is 5.48. The fourth-order valence-corrected chi connectivity index (χ4v) is 2.81. The molecule has 0 aliphatic carbocycles. The van der Waals surface area contributed by atoms with Crippen molar-refractivity contribution in [1.82, 2.24) is 10.2 Å². The standard InChI is InChI=1S/C15H22N2O2S/c1-4-17(5-2)15(19)14(16-12(3)18)11-20-13-9-7-6-8-10-13/h6-10,14H,4-5,11H2,1-3H3,(H,16,18). The minimum Gasteiger partial charge on any atom is -0.344 e. The lowest BCUT2D eigenvalue weighted by molar-refractivity contribution is -0.135. The highest BCUT2D eigenvalue weighted by molar-refractivity contribution is 7.99. The van der Waals surface area contributed by atoms with Gasteiger partial charge < -0.3 is 10.2 Å². The summed E-state index contributed by atoms with van der Waals surface area (Å²) in [7, 11) is 0. The Bertz CT molecular complexity index is 433. The van der Waals surface area contributed by atoms with Gasteiger partial charge in [0.05, 0.1) is 0 Å². The van der Waals surface area contributed by atoms with Crippen LogP contribution in [0.3, 0.4) is 0 Å². The molecule has 0 heterocycles. The van der Waals surface area contributed by atoms with E-state index in [1.165, 1.54) is 6.92 Å². The normalized spacial score (nSPS) is 11.8. The van der Waals surface area contributed by atoms with Crippen molar-refractivity contribution in [1.29, 1.82) is 0 Å². The molecule has 0 saturated heterocycles. The number of carbonyl (C=O) groups excluding carboxylic acids is 2. The van der Waals surface area contributed by atoms with Gasteiger partial charge in [-0.1, -0.05) is 18.2 Å². The zero-order valence-corrected chi connectivity index (χ0v) is 13.1. The molecule has 0 bridgehead atoms. The van der Waals surface area contributed by atoms with E-state index in [2.05, 4.69) is 5.32 Å². The van der Waals surface area contributed by atoms with Crippen LogP contribution in [0.15, 0.2) is 35.2 Å². The SMILES string of the molecule is CCN(CC)C(=O)C(CSc1ccccc1)NC(C)=O. The molecule has 1 rings (SSSR count). The predicted octanol–water partition coefficient (Wildman–Crippen LogP) is 2.15. The molecule has 0 fully saturated rings. The van der Waals surface area contributed by atoms with Crippen LogP contribution in [0.2, 0.25) is 0 Å². The van der Waals surface area contributed by atoms with Crippen molar-refractivity contribution in [2.75, 3.05) is 18.8 Å². The number of likely N-dealkylation sites (N-methyl/N-ethyl adjacent to an activating group) is 1. The number of carbonyl (C=O) groups is 2. The Morgan fingerprint density at radius 3 is 2.30 bits per heavy atom. The molecule has 110 valence electrons. The highest BCUT2D eigenvalue weighted by Crippen LogP contribution is 2.18. The first-order valence-corrected chi connectivity index (χ1v) is 7.80. The fraction of sp³-hybridized carbons (Fsp3) is 0.467. The molecule has 0 saturated carbocycles. The van der Waals surface area contributed by atoms with Crippen LogP contribution in [-0.2, 0) is 9.59 Å². The van der Waals surface area contributed by atoms with Gasteiger partial charge in [-0.15, -0.1) is 11.8 Å². The molecule has 1 aromatic carbocycles. The summed E-state index contributed by atoms with van der Waals surface area (Å²) in [4.78, 5) is 26.5. The largest absolute Gasteiger partial charge is 0.344 e. The molecule has 1 atom stereocenters. The van der Waals surface area contributed by atoms with Crippen molar-refractivity contribution >= 4 is 23.6 Å². The van der Waals surface area contributed by atoms with Gasteiger partial charge in [-0.3, -0.25) is 9.59 Å². The molecule has 1 N–H and O–H groups in total. The number of hydrogen-bond acceptors (Lipinski definition) is 3. The smallest absolute Gasteiger partial charge is 0.245 e. The van der Waals surface area contributed by atoms with Gasteiger partial charge in [0.2, 0.25) is 11.8 Å². The maximum Gasteiger partial charge on any atom is 0.245 e. The summed E-state index contributed by atoms with van der Waals surface area (Å²) < 4.78 is 0. The van der Waals surface area contributed by atoms with Crippen LogP contribution in [0.5, 0.6) is 0 Å². The maximum atomic E-state index is 12.4. The third-order valence-electron chi connectivity index (χ3n) is 2.91. The van der Waals surface area contributed by atoms with E-state index >= 15 is 0 Å². The Hall–Kier alpha value is -1.49. The summed E-state index contributed by atoms with van der Waals surface area (Å²) >= 11 is 1.58. The number of benzene rings is 1. The molecule has 20 heavy (non-hydrogen) atoms. The maximum absolute atomic E-state index is 12.4. The van der Waals surface area contributed by atoms with Gasteiger partial charge in [-0.25, -0.2) is 0 Å². The van der Waals surface area contributed by atoms with Crippen LogP contribution in [0.25, 0.3) is 0 Å². The van der Waals surface area contributed by atoms with E-state index in [-0.39, 0.29) is 11.8 Å². The van der Waals surface area contributed by atoms with Crippen LogP contribution in [0.4, 0.5) is 0 Å². The third kappa shape index (κ3) is 5.25. The summed E-state index contributed by atoms with van der Waals surface area (Å²) in [6.07, 6.45) is 0. The summed E-state index contributed by atoms with van der Waals surface area (Å²) in [5.74, 6) is 0.344. The number of amides is 2. The monoisotopic (exact) mass is 294 g/mol. The molecule has 0 radical (unpaired) electrons. The van der Waals surface area contributed by atoms with E-state index < -0.39 is 6.04 Å². The van der Waals surface area contributed by atoms with Crippen molar-refractivity contribution < 1.29 is 9.59 Å². The molecule has 0 aliphatic heterocycles.